The van der Waals surface area contributed by atoms with Crippen LogP contribution in [0.3, 0.4) is 0 Å². The fourth-order valence-electron chi connectivity index (χ4n) is 2.59. The Balaban J connectivity index is 2.00. The maximum absolute atomic E-state index is 12.2. The molecule has 0 saturated carbocycles. The summed E-state index contributed by atoms with van der Waals surface area (Å²) in [6.07, 6.45) is 2.21. The molecule has 0 unspecified atom stereocenters. The molecule has 1 atom stereocenters. The quantitative estimate of drug-likeness (QED) is 0.923. The van der Waals surface area contributed by atoms with Gasteiger partial charge in [0.05, 0.1) is 0 Å². The van der Waals surface area contributed by atoms with Gasteiger partial charge in [0.25, 0.3) is 5.91 Å². The van der Waals surface area contributed by atoms with Crippen LogP contribution in [0.4, 0.5) is 0 Å². The van der Waals surface area contributed by atoms with Crippen LogP contribution in [-0.2, 0) is 9.59 Å². The Morgan fingerprint density at radius 3 is 2.81 bits per heavy atom. The van der Waals surface area contributed by atoms with Crippen LogP contribution in [0.25, 0.3) is 0 Å². The van der Waals surface area contributed by atoms with Gasteiger partial charge in [-0.25, -0.2) is 4.79 Å². The van der Waals surface area contributed by atoms with Crippen LogP contribution >= 0.6 is 0 Å². The van der Waals surface area contributed by atoms with Crippen molar-refractivity contribution in [3.05, 3.63) is 29.3 Å². The Morgan fingerprint density at radius 1 is 1.33 bits per heavy atom. The van der Waals surface area contributed by atoms with Gasteiger partial charge in [-0.05, 0) is 50.3 Å². The number of ether oxygens (including phenoxy) is 1. The summed E-state index contributed by atoms with van der Waals surface area (Å²) in [4.78, 5) is 24.9. The van der Waals surface area contributed by atoms with E-state index in [0.717, 1.165) is 24.0 Å². The minimum atomic E-state index is -0.935. The van der Waals surface area contributed by atoms with Crippen molar-refractivity contribution in [2.75, 3.05) is 13.2 Å². The standard InChI is InChI=1S/C16H21NO4/c1-11-6-5-8-14(12(11)2)21-10-15(18)17-9-4-3-7-13(17)16(19)20/h5-6,8,13H,3-4,7,9-10H2,1-2H3,(H,19,20)/t13-/m1/s1. The number of amides is 1. The summed E-state index contributed by atoms with van der Waals surface area (Å²) < 4.78 is 5.58. The highest BCUT2D eigenvalue weighted by Gasteiger charge is 2.31. The topological polar surface area (TPSA) is 66.8 Å². The lowest BCUT2D eigenvalue weighted by atomic mass is 10.0. The molecule has 1 aliphatic rings. The van der Waals surface area contributed by atoms with Crippen molar-refractivity contribution >= 4 is 11.9 Å². The van der Waals surface area contributed by atoms with Gasteiger partial charge in [0.2, 0.25) is 0 Å². The summed E-state index contributed by atoms with van der Waals surface area (Å²) in [6.45, 7) is 4.30. The van der Waals surface area contributed by atoms with Crippen LogP contribution in [-0.4, -0.2) is 41.1 Å². The van der Waals surface area contributed by atoms with E-state index in [2.05, 4.69) is 0 Å². The number of aliphatic carboxylic acids is 1. The largest absolute Gasteiger partial charge is 0.483 e. The molecule has 5 nitrogen and oxygen atoms in total. The molecule has 1 amide bonds. The molecule has 21 heavy (non-hydrogen) atoms. The number of carbonyl (C=O) groups is 2. The van der Waals surface area contributed by atoms with Crippen LogP contribution in [0.15, 0.2) is 18.2 Å². The van der Waals surface area contributed by atoms with E-state index in [-0.39, 0.29) is 12.5 Å². The van der Waals surface area contributed by atoms with Crippen LogP contribution in [0.1, 0.15) is 30.4 Å². The lowest BCUT2D eigenvalue weighted by Crippen LogP contribution is -2.49. The molecular formula is C16H21NO4. The molecule has 5 heteroatoms. The van der Waals surface area contributed by atoms with Crippen molar-refractivity contribution in [1.29, 1.82) is 0 Å². The average molecular weight is 291 g/mol. The minimum absolute atomic E-state index is 0.117. The van der Waals surface area contributed by atoms with Crippen molar-refractivity contribution < 1.29 is 19.4 Å². The number of hydrogen-bond donors (Lipinski definition) is 1. The van der Waals surface area contributed by atoms with E-state index in [1.165, 1.54) is 4.90 Å². The zero-order chi connectivity index (χ0) is 15.4. The van der Waals surface area contributed by atoms with Crippen molar-refractivity contribution in [3.8, 4) is 5.75 Å². The summed E-state index contributed by atoms with van der Waals surface area (Å²) in [5.74, 6) is -0.523. The Bertz CT molecular complexity index is 541. The summed E-state index contributed by atoms with van der Waals surface area (Å²) >= 11 is 0. The van der Waals surface area contributed by atoms with Crippen LogP contribution in [0.2, 0.25) is 0 Å². The molecule has 114 valence electrons. The van der Waals surface area contributed by atoms with E-state index in [0.29, 0.717) is 18.7 Å². The number of carboxylic acid groups (broad SMARTS) is 1. The van der Waals surface area contributed by atoms with E-state index in [1.54, 1.807) is 0 Å². The number of nitrogens with zero attached hydrogens (tertiary/aromatic N) is 1. The number of hydrogen-bond acceptors (Lipinski definition) is 3. The van der Waals surface area contributed by atoms with Crippen molar-refractivity contribution in [1.82, 2.24) is 4.90 Å². The predicted molar refractivity (Wildman–Crippen MR) is 78.4 cm³/mol. The van der Waals surface area contributed by atoms with Gasteiger partial charge in [0.1, 0.15) is 11.8 Å². The molecule has 1 saturated heterocycles. The van der Waals surface area contributed by atoms with Gasteiger partial charge in [0.15, 0.2) is 6.61 Å². The third-order valence-corrected chi connectivity index (χ3v) is 4.01. The number of aryl methyl sites for hydroxylation is 1. The molecule has 0 aliphatic carbocycles. The molecule has 0 spiro atoms. The van der Waals surface area contributed by atoms with Gasteiger partial charge in [-0.15, -0.1) is 0 Å². The Morgan fingerprint density at radius 2 is 2.10 bits per heavy atom. The van der Waals surface area contributed by atoms with Crippen LogP contribution < -0.4 is 4.74 Å². The summed E-state index contributed by atoms with van der Waals surface area (Å²) in [7, 11) is 0. The molecule has 1 fully saturated rings. The molecule has 1 aromatic carbocycles. The molecule has 1 aromatic rings. The number of piperidine rings is 1. The van der Waals surface area contributed by atoms with E-state index < -0.39 is 12.0 Å². The summed E-state index contributed by atoms with van der Waals surface area (Å²) in [6, 6.07) is 4.96. The molecule has 0 bridgehead atoms. The van der Waals surface area contributed by atoms with Crippen LogP contribution in [0, 0.1) is 13.8 Å². The van der Waals surface area contributed by atoms with Gasteiger partial charge >= 0.3 is 5.97 Å². The first kappa shape index (κ1) is 15.4. The fourth-order valence-corrected chi connectivity index (χ4v) is 2.59. The molecule has 1 N–H and O–H groups in total. The van der Waals surface area contributed by atoms with E-state index in [9.17, 15) is 14.7 Å². The van der Waals surface area contributed by atoms with E-state index in [1.807, 2.05) is 32.0 Å². The summed E-state index contributed by atoms with van der Waals surface area (Å²) in [5.41, 5.74) is 2.10. The summed E-state index contributed by atoms with van der Waals surface area (Å²) in [5, 5.41) is 9.19. The predicted octanol–water partition coefficient (Wildman–Crippen LogP) is 2.15. The first-order chi connectivity index (χ1) is 10.0. The maximum atomic E-state index is 12.2. The maximum Gasteiger partial charge on any atom is 0.326 e. The second-order valence-electron chi connectivity index (χ2n) is 5.42. The zero-order valence-electron chi connectivity index (χ0n) is 12.5. The Kier molecular flexibility index (Phi) is 4.83. The monoisotopic (exact) mass is 291 g/mol. The smallest absolute Gasteiger partial charge is 0.326 e. The Labute approximate surface area is 124 Å². The zero-order valence-corrected chi connectivity index (χ0v) is 12.5. The molecular weight excluding hydrogens is 270 g/mol. The van der Waals surface area contributed by atoms with Gasteiger partial charge in [-0.2, -0.15) is 0 Å². The highest BCUT2D eigenvalue weighted by molar-refractivity contribution is 5.84. The number of likely N-dealkylation sites (tertiary alicyclic amines) is 1. The molecule has 0 radical (unpaired) electrons. The SMILES string of the molecule is Cc1cccc(OCC(=O)N2CCCC[C@@H]2C(=O)O)c1C. The van der Waals surface area contributed by atoms with Gasteiger partial charge in [-0.1, -0.05) is 12.1 Å². The van der Waals surface area contributed by atoms with Crippen molar-refractivity contribution in [2.24, 2.45) is 0 Å². The average Bonchev–Trinajstić information content (AvgIpc) is 2.48. The van der Waals surface area contributed by atoms with Crippen molar-refractivity contribution in [2.45, 2.75) is 39.2 Å². The van der Waals surface area contributed by atoms with Gasteiger partial charge in [-0.3, -0.25) is 4.79 Å². The normalized spacial score (nSPS) is 18.4. The second-order valence-corrected chi connectivity index (χ2v) is 5.42. The lowest BCUT2D eigenvalue weighted by molar-refractivity contribution is -0.152. The third kappa shape index (κ3) is 3.54. The minimum Gasteiger partial charge on any atom is -0.483 e. The number of rotatable bonds is 4. The van der Waals surface area contributed by atoms with E-state index >= 15 is 0 Å². The highest BCUT2D eigenvalue weighted by atomic mass is 16.5. The lowest BCUT2D eigenvalue weighted by Gasteiger charge is -2.32. The Hall–Kier alpha value is -2.04. The molecule has 1 aliphatic heterocycles. The van der Waals surface area contributed by atoms with Gasteiger partial charge < -0.3 is 14.7 Å². The first-order valence-electron chi connectivity index (χ1n) is 7.22. The molecule has 0 aromatic heterocycles. The van der Waals surface area contributed by atoms with Gasteiger partial charge in [0, 0.05) is 6.54 Å². The number of benzene rings is 1. The fraction of sp³-hybridized carbons (Fsp3) is 0.500. The number of carboxylic acids is 1. The van der Waals surface area contributed by atoms with Crippen LogP contribution in [0.5, 0.6) is 5.75 Å². The molecule has 1 heterocycles. The van der Waals surface area contributed by atoms with E-state index in [4.69, 9.17) is 4.74 Å². The molecule has 2 rings (SSSR count). The first-order valence-corrected chi connectivity index (χ1v) is 7.22. The third-order valence-electron chi connectivity index (χ3n) is 4.01. The second kappa shape index (κ2) is 6.61. The highest BCUT2D eigenvalue weighted by Crippen LogP contribution is 2.21. The number of carbonyl (C=O) groups excluding carboxylic acids is 1. The van der Waals surface area contributed by atoms with Crippen molar-refractivity contribution in [3.63, 3.8) is 0 Å².